The third-order valence-corrected chi connectivity index (χ3v) is 5.83. The van der Waals surface area contributed by atoms with Gasteiger partial charge in [-0.05, 0) is 70.0 Å². The molecule has 0 aliphatic rings. The van der Waals surface area contributed by atoms with Gasteiger partial charge in [0.15, 0.2) is 11.5 Å². The summed E-state index contributed by atoms with van der Waals surface area (Å²) in [5.41, 5.74) is 9.19. The molecule has 0 heterocycles. The minimum absolute atomic E-state index is 0.175. The highest BCUT2D eigenvalue weighted by atomic mass is 79.9. The first-order valence-corrected chi connectivity index (χ1v) is 11.7. The molecule has 0 saturated carbocycles. The molecule has 3 rings (SSSR count). The molecule has 9 nitrogen and oxygen atoms in total. The van der Waals surface area contributed by atoms with E-state index in [1.807, 2.05) is 0 Å². The van der Waals surface area contributed by atoms with Crippen molar-refractivity contribution in [3.05, 3.63) is 85.8 Å². The van der Waals surface area contributed by atoms with E-state index in [0.29, 0.717) is 37.3 Å². The molecule has 0 aromatic heterocycles. The number of carbonyl (C=O) groups is 3. The molecule has 4 N–H and O–H groups in total. The van der Waals surface area contributed by atoms with Crippen LogP contribution in [0.25, 0.3) is 0 Å². The van der Waals surface area contributed by atoms with Crippen molar-refractivity contribution in [2.45, 2.75) is 6.61 Å². The first-order chi connectivity index (χ1) is 17.2. The van der Waals surface area contributed by atoms with Gasteiger partial charge in [0.2, 0.25) is 5.91 Å². The normalized spacial score (nSPS) is 10.7. The van der Waals surface area contributed by atoms with Gasteiger partial charge in [0.05, 0.1) is 17.8 Å². The zero-order chi connectivity index (χ0) is 26.2. The molecule has 3 aromatic rings. The quantitative estimate of drug-likeness (QED) is 0.200. The number of ether oxygens (including phenoxy) is 2. The lowest BCUT2D eigenvalue weighted by Gasteiger charge is -2.14. The Bertz CT molecular complexity index is 1330. The molecule has 0 atom stereocenters. The predicted octanol–water partition coefficient (Wildman–Crippen LogP) is 4.53. The van der Waals surface area contributed by atoms with Crippen LogP contribution in [0.15, 0.2) is 64.2 Å². The monoisotopic (exact) mass is 592 g/mol. The van der Waals surface area contributed by atoms with Crippen molar-refractivity contribution < 1.29 is 23.9 Å². The van der Waals surface area contributed by atoms with E-state index in [9.17, 15) is 14.4 Å². The van der Waals surface area contributed by atoms with Crippen LogP contribution in [0.2, 0.25) is 10.0 Å². The largest absolute Gasteiger partial charge is 0.493 e. The van der Waals surface area contributed by atoms with E-state index in [2.05, 4.69) is 31.8 Å². The molecule has 0 radical (unpaired) electrons. The van der Waals surface area contributed by atoms with E-state index >= 15 is 0 Å². The zero-order valence-corrected chi connectivity index (χ0v) is 21.8. The number of methoxy groups -OCH3 is 1. The number of rotatable bonds is 8. The van der Waals surface area contributed by atoms with Gasteiger partial charge >= 0.3 is 11.8 Å². The molecule has 3 amide bonds. The number of nitrogens with two attached hydrogens (primary N) is 1. The van der Waals surface area contributed by atoms with Crippen molar-refractivity contribution >= 4 is 68.8 Å². The highest BCUT2D eigenvalue weighted by molar-refractivity contribution is 9.10. The van der Waals surface area contributed by atoms with Gasteiger partial charge < -0.3 is 20.5 Å². The Morgan fingerprint density at radius 2 is 1.78 bits per heavy atom. The van der Waals surface area contributed by atoms with Gasteiger partial charge in [-0.3, -0.25) is 14.4 Å². The van der Waals surface area contributed by atoms with Crippen LogP contribution in [0.1, 0.15) is 21.5 Å². The second-order valence-corrected chi connectivity index (χ2v) is 8.85. The third-order valence-electron chi connectivity index (χ3n) is 4.65. The number of anilines is 1. The molecule has 36 heavy (non-hydrogen) atoms. The van der Waals surface area contributed by atoms with Crippen molar-refractivity contribution in [1.82, 2.24) is 5.43 Å². The molecule has 0 aliphatic carbocycles. The van der Waals surface area contributed by atoms with Crippen LogP contribution >= 0.6 is 39.1 Å². The van der Waals surface area contributed by atoms with Crippen LogP contribution in [0.4, 0.5) is 5.69 Å². The molecular formula is C24H19BrCl2N4O5. The molecule has 186 valence electrons. The first-order valence-electron chi connectivity index (χ1n) is 10.2. The zero-order valence-electron chi connectivity index (χ0n) is 18.7. The lowest BCUT2D eigenvalue weighted by molar-refractivity contribution is -0.136. The Kier molecular flexibility index (Phi) is 9.29. The highest BCUT2D eigenvalue weighted by Gasteiger charge is 2.15. The fourth-order valence-corrected chi connectivity index (χ4v) is 3.90. The van der Waals surface area contributed by atoms with Crippen molar-refractivity contribution in [3.63, 3.8) is 0 Å². The van der Waals surface area contributed by atoms with Gasteiger partial charge in [0, 0.05) is 26.9 Å². The fourth-order valence-electron chi connectivity index (χ4n) is 2.86. The van der Waals surface area contributed by atoms with Crippen molar-refractivity contribution in [2.75, 3.05) is 12.4 Å². The summed E-state index contributed by atoms with van der Waals surface area (Å²) in [6, 6.07) is 14.2. The van der Waals surface area contributed by atoms with E-state index in [4.69, 9.17) is 38.4 Å². The second kappa shape index (κ2) is 12.4. The Morgan fingerprint density at radius 1 is 1.06 bits per heavy atom. The average molecular weight is 594 g/mol. The van der Waals surface area contributed by atoms with E-state index < -0.39 is 17.7 Å². The van der Waals surface area contributed by atoms with Crippen LogP contribution in [0, 0.1) is 0 Å². The molecule has 12 heteroatoms. The van der Waals surface area contributed by atoms with Gasteiger partial charge in [-0.15, -0.1) is 0 Å². The molecule has 0 unspecified atom stereocenters. The Labute approximate surface area is 224 Å². The molecule has 0 aliphatic heterocycles. The number of halogens is 3. The SMILES string of the molecule is COc1cc(/C=N/NC(=O)C(=O)Nc2ccc(C(N)=O)cc2)cc(Br)c1OCc1ccc(Cl)cc1Cl. The standard InChI is InChI=1S/C24H19BrCl2N4O5/c1-35-20-9-13(8-18(25)21(20)36-12-15-2-5-16(26)10-19(15)27)11-29-31-24(34)23(33)30-17-6-3-14(4-7-17)22(28)32/h2-11H,12H2,1H3,(H2,28,32)(H,30,33)(H,31,34)/b29-11+. The summed E-state index contributed by atoms with van der Waals surface area (Å²) in [6.07, 6.45) is 1.33. The van der Waals surface area contributed by atoms with Crippen LogP contribution in [0.3, 0.4) is 0 Å². The number of benzene rings is 3. The number of hydrazone groups is 1. The lowest BCUT2D eigenvalue weighted by Crippen LogP contribution is -2.32. The Balaban J connectivity index is 1.61. The van der Waals surface area contributed by atoms with E-state index in [1.165, 1.54) is 37.6 Å². The first kappa shape index (κ1) is 27.0. The Hall–Kier alpha value is -3.60. The number of carbonyl (C=O) groups excluding carboxylic acids is 3. The summed E-state index contributed by atoms with van der Waals surface area (Å²) in [5.74, 6) is -1.70. The fraction of sp³-hybridized carbons (Fsp3) is 0.0833. The second-order valence-electron chi connectivity index (χ2n) is 7.15. The molecule has 0 saturated heterocycles. The maximum Gasteiger partial charge on any atom is 0.329 e. The summed E-state index contributed by atoms with van der Waals surface area (Å²) < 4.78 is 11.9. The van der Waals surface area contributed by atoms with Crippen molar-refractivity contribution in [1.29, 1.82) is 0 Å². The smallest absolute Gasteiger partial charge is 0.329 e. The van der Waals surface area contributed by atoms with E-state index in [1.54, 1.807) is 30.3 Å². The lowest BCUT2D eigenvalue weighted by atomic mass is 10.2. The molecular weight excluding hydrogens is 575 g/mol. The Morgan fingerprint density at radius 3 is 2.42 bits per heavy atom. The predicted molar refractivity (Wildman–Crippen MR) is 141 cm³/mol. The average Bonchev–Trinajstić information content (AvgIpc) is 2.84. The van der Waals surface area contributed by atoms with E-state index in [0.717, 1.165) is 5.56 Å². The van der Waals surface area contributed by atoms with Crippen LogP contribution < -0.4 is 25.9 Å². The number of nitrogens with zero attached hydrogens (tertiary/aromatic N) is 1. The van der Waals surface area contributed by atoms with Crippen molar-refractivity contribution in [2.24, 2.45) is 10.8 Å². The molecule has 3 aromatic carbocycles. The van der Waals surface area contributed by atoms with Crippen LogP contribution in [0.5, 0.6) is 11.5 Å². The van der Waals surface area contributed by atoms with Gasteiger partial charge in [-0.25, -0.2) is 5.43 Å². The van der Waals surface area contributed by atoms with Crippen LogP contribution in [-0.2, 0) is 16.2 Å². The number of amides is 3. The maximum absolute atomic E-state index is 12.1. The van der Waals surface area contributed by atoms with Gasteiger partial charge in [0.1, 0.15) is 6.61 Å². The molecule has 0 bridgehead atoms. The summed E-state index contributed by atoms with van der Waals surface area (Å²) in [4.78, 5) is 35.2. The minimum atomic E-state index is -0.990. The topological polar surface area (TPSA) is 132 Å². The number of primary amides is 1. The van der Waals surface area contributed by atoms with E-state index in [-0.39, 0.29) is 12.2 Å². The highest BCUT2D eigenvalue weighted by Crippen LogP contribution is 2.37. The number of hydrogen-bond acceptors (Lipinski definition) is 6. The van der Waals surface area contributed by atoms with Gasteiger partial charge in [-0.2, -0.15) is 5.10 Å². The number of nitrogens with one attached hydrogen (secondary N) is 2. The molecule has 0 spiro atoms. The minimum Gasteiger partial charge on any atom is -0.493 e. The third kappa shape index (κ3) is 7.20. The summed E-state index contributed by atoms with van der Waals surface area (Å²) in [6.45, 7) is 0.175. The number of hydrogen-bond donors (Lipinski definition) is 3. The van der Waals surface area contributed by atoms with Gasteiger partial charge in [-0.1, -0.05) is 29.3 Å². The summed E-state index contributed by atoms with van der Waals surface area (Å²) >= 11 is 15.6. The summed E-state index contributed by atoms with van der Waals surface area (Å²) in [5, 5.41) is 7.19. The van der Waals surface area contributed by atoms with Gasteiger partial charge in [0.25, 0.3) is 0 Å². The summed E-state index contributed by atoms with van der Waals surface area (Å²) in [7, 11) is 1.48. The van der Waals surface area contributed by atoms with Crippen LogP contribution in [-0.4, -0.2) is 31.0 Å². The molecule has 0 fully saturated rings. The maximum atomic E-state index is 12.1. The van der Waals surface area contributed by atoms with Crippen molar-refractivity contribution in [3.8, 4) is 11.5 Å².